The quantitative estimate of drug-likeness (QED) is 0.450. The molecule has 0 unspecified atom stereocenters. The molecule has 6 nitrogen and oxygen atoms in total. The van der Waals surface area contributed by atoms with Gasteiger partial charge in [0.2, 0.25) is 5.91 Å². The predicted molar refractivity (Wildman–Crippen MR) is 113 cm³/mol. The molecule has 0 fully saturated rings. The minimum absolute atomic E-state index is 0.0882. The fraction of sp³-hybridized carbons (Fsp3) is 0.167. The zero-order chi connectivity index (χ0) is 18.8. The Morgan fingerprint density at radius 2 is 2.00 bits per heavy atom. The Balaban J connectivity index is 1.50. The first kappa shape index (κ1) is 18.0. The van der Waals surface area contributed by atoms with Crippen LogP contribution in [-0.2, 0) is 11.8 Å². The Morgan fingerprint density at radius 1 is 1.26 bits per heavy atom. The van der Waals surface area contributed by atoms with Crippen LogP contribution in [0, 0.1) is 6.92 Å². The van der Waals surface area contributed by atoms with Gasteiger partial charge in [-0.25, -0.2) is 4.98 Å². The van der Waals surface area contributed by atoms with Crippen molar-refractivity contribution in [3.8, 4) is 21.1 Å². The Kier molecular flexibility index (Phi) is 5.15. The maximum absolute atomic E-state index is 12.3. The number of aryl methyl sites for hydroxylation is 2. The average Bonchev–Trinajstić information content (AvgIpc) is 3.41. The van der Waals surface area contributed by atoms with Crippen LogP contribution in [0.5, 0.6) is 0 Å². The fourth-order valence-electron chi connectivity index (χ4n) is 2.65. The summed E-state index contributed by atoms with van der Waals surface area (Å²) in [6.45, 7) is 1.89. The lowest BCUT2D eigenvalue weighted by Gasteiger charge is -2.03. The van der Waals surface area contributed by atoms with E-state index in [1.807, 2.05) is 42.9 Å². The molecule has 0 bridgehead atoms. The number of hydrogen-bond acceptors (Lipinski definition) is 6. The topological polar surface area (TPSA) is 75.6 Å². The third-order valence-electron chi connectivity index (χ3n) is 3.81. The van der Waals surface area contributed by atoms with Gasteiger partial charge in [0.1, 0.15) is 11.5 Å². The van der Waals surface area contributed by atoms with E-state index in [9.17, 15) is 4.79 Å². The van der Waals surface area contributed by atoms with E-state index in [2.05, 4.69) is 27.5 Å². The fourth-order valence-corrected chi connectivity index (χ4v) is 4.77. The van der Waals surface area contributed by atoms with Crippen molar-refractivity contribution in [3.63, 3.8) is 0 Å². The first-order valence-corrected chi connectivity index (χ1v) is 11.0. The molecule has 0 aliphatic rings. The van der Waals surface area contributed by atoms with Crippen LogP contribution in [0.3, 0.4) is 0 Å². The van der Waals surface area contributed by atoms with Crippen molar-refractivity contribution in [3.05, 3.63) is 46.8 Å². The Hall–Kier alpha value is -2.36. The van der Waals surface area contributed by atoms with Gasteiger partial charge in [-0.2, -0.15) is 5.10 Å². The highest BCUT2D eigenvalue weighted by Crippen LogP contribution is 2.36. The first-order valence-electron chi connectivity index (χ1n) is 8.21. The summed E-state index contributed by atoms with van der Waals surface area (Å²) in [6.07, 6.45) is 0. The zero-order valence-electron chi connectivity index (χ0n) is 14.7. The molecule has 4 rings (SSSR count). The molecule has 27 heavy (non-hydrogen) atoms. The standard InChI is InChI=1S/C18H17N5OS3/c1-11-9-14(23(2)22-11)19-15(24)10-27-18-20-16(12-5-3-7-25-12)17(21-18)13-6-4-8-26-13/h3-9H,10H2,1-2H3,(H,19,24)(H,20,21). The Labute approximate surface area is 168 Å². The van der Waals surface area contributed by atoms with Crippen LogP contribution >= 0.6 is 34.4 Å². The average molecular weight is 416 g/mol. The van der Waals surface area contributed by atoms with Gasteiger partial charge in [-0.1, -0.05) is 23.9 Å². The summed E-state index contributed by atoms with van der Waals surface area (Å²) in [5.41, 5.74) is 2.79. The normalized spacial score (nSPS) is 11.0. The van der Waals surface area contributed by atoms with Crippen LogP contribution < -0.4 is 5.32 Å². The number of amides is 1. The molecule has 0 saturated carbocycles. The number of H-pyrrole nitrogens is 1. The van der Waals surface area contributed by atoms with Crippen LogP contribution in [-0.4, -0.2) is 31.4 Å². The number of anilines is 1. The minimum Gasteiger partial charge on any atom is -0.332 e. The second-order valence-electron chi connectivity index (χ2n) is 5.85. The molecular formula is C18H17N5OS3. The van der Waals surface area contributed by atoms with Gasteiger partial charge in [0.05, 0.1) is 26.9 Å². The molecule has 0 radical (unpaired) electrons. The molecule has 4 heterocycles. The highest BCUT2D eigenvalue weighted by atomic mass is 32.2. The van der Waals surface area contributed by atoms with E-state index in [4.69, 9.17) is 4.98 Å². The van der Waals surface area contributed by atoms with Gasteiger partial charge >= 0.3 is 0 Å². The lowest BCUT2D eigenvalue weighted by Crippen LogP contribution is -2.16. The SMILES string of the molecule is Cc1cc(NC(=O)CSc2nc(-c3cccs3)c(-c3cccs3)[nH]2)n(C)n1. The van der Waals surface area contributed by atoms with Crippen molar-refractivity contribution in [2.24, 2.45) is 7.05 Å². The number of nitrogens with zero attached hydrogens (tertiary/aromatic N) is 3. The number of hydrogen-bond donors (Lipinski definition) is 2. The second-order valence-corrected chi connectivity index (χ2v) is 8.71. The first-order chi connectivity index (χ1) is 13.1. The molecule has 4 aromatic rings. The number of carbonyl (C=O) groups is 1. The van der Waals surface area contributed by atoms with E-state index in [1.54, 1.807) is 27.4 Å². The third kappa shape index (κ3) is 4.00. The van der Waals surface area contributed by atoms with Crippen LogP contribution in [0.15, 0.2) is 46.2 Å². The minimum atomic E-state index is -0.0882. The highest BCUT2D eigenvalue weighted by molar-refractivity contribution is 7.99. The summed E-state index contributed by atoms with van der Waals surface area (Å²) in [6, 6.07) is 10.0. The smallest absolute Gasteiger partial charge is 0.235 e. The number of imidazole rings is 1. The molecule has 0 aliphatic heterocycles. The van der Waals surface area contributed by atoms with Crippen molar-refractivity contribution in [1.29, 1.82) is 0 Å². The maximum atomic E-state index is 12.3. The van der Waals surface area contributed by atoms with Crippen LogP contribution in [0.25, 0.3) is 21.1 Å². The van der Waals surface area contributed by atoms with Crippen LogP contribution in [0.1, 0.15) is 5.69 Å². The number of nitrogens with one attached hydrogen (secondary N) is 2. The molecule has 0 aliphatic carbocycles. The van der Waals surface area contributed by atoms with Crippen LogP contribution in [0.2, 0.25) is 0 Å². The van der Waals surface area contributed by atoms with Crippen molar-refractivity contribution in [2.75, 3.05) is 11.1 Å². The van der Waals surface area contributed by atoms with Gasteiger partial charge in [0.15, 0.2) is 5.16 Å². The van der Waals surface area contributed by atoms with Gasteiger partial charge < -0.3 is 10.3 Å². The molecule has 0 saturated heterocycles. The summed E-state index contributed by atoms with van der Waals surface area (Å²) in [5, 5.41) is 11.9. The van der Waals surface area contributed by atoms with Crippen molar-refractivity contribution in [2.45, 2.75) is 12.1 Å². The molecule has 0 aromatic carbocycles. The number of thiophene rings is 2. The third-order valence-corrected chi connectivity index (χ3v) is 6.45. The van der Waals surface area contributed by atoms with E-state index in [1.165, 1.54) is 11.8 Å². The number of carbonyl (C=O) groups excluding carboxylic acids is 1. The number of rotatable bonds is 6. The Bertz CT molecular complexity index is 996. The van der Waals surface area contributed by atoms with E-state index >= 15 is 0 Å². The molecular weight excluding hydrogens is 398 g/mol. The van der Waals surface area contributed by atoms with Crippen molar-refractivity contribution in [1.82, 2.24) is 19.7 Å². The number of aromatic amines is 1. The molecule has 0 spiro atoms. The van der Waals surface area contributed by atoms with E-state index < -0.39 is 0 Å². The Morgan fingerprint density at radius 3 is 2.63 bits per heavy atom. The largest absolute Gasteiger partial charge is 0.332 e. The lowest BCUT2D eigenvalue weighted by molar-refractivity contribution is -0.113. The predicted octanol–water partition coefficient (Wildman–Crippen LogP) is 4.64. The molecule has 9 heteroatoms. The maximum Gasteiger partial charge on any atom is 0.235 e. The number of thioether (sulfide) groups is 1. The van der Waals surface area contributed by atoms with Gasteiger partial charge in [-0.15, -0.1) is 22.7 Å². The number of aromatic nitrogens is 4. The monoisotopic (exact) mass is 415 g/mol. The summed E-state index contributed by atoms with van der Waals surface area (Å²) >= 11 is 4.71. The molecule has 0 atom stereocenters. The summed E-state index contributed by atoms with van der Waals surface area (Å²) in [5.74, 6) is 0.872. The molecule has 2 N–H and O–H groups in total. The molecule has 138 valence electrons. The van der Waals surface area contributed by atoms with Gasteiger partial charge in [0.25, 0.3) is 0 Å². The van der Waals surface area contributed by atoms with E-state index in [0.29, 0.717) is 5.82 Å². The summed E-state index contributed by atoms with van der Waals surface area (Å²) < 4.78 is 1.66. The molecule has 1 amide bonds. The van der Waals surface area contributed by atoms with Gasteiger partial charge in [-0.05, 0) is 29.8 Å². The van der Waals surface area contributed by atoms with Crippen LogP contribution in [0.4, 0.5) is 5.82 Å². The second kappa shape index (κ2) is 7.71. The highest BCUT2D eigenvalue weighted by Gasteiger charge is 2.17. The molecule has 4 aromatic heterocycles. The zero-order valence-corrected chi connectivity index (χ0v) is 17.2. The van der Waals surface area contributed by atoms with E-state index in [-0.39, 0.29) is 11.7 Å². The summed E-state index contributed by atoms with van der Waals surface area (Å²) in [4.78, 5) is 22.6. The van der Waals surface area contributed by atoms with Gasteiger partial charge in [-0.3, -0.25) is 9.48 Å². The van der Waals surface area contributed by atoms with Crippen molar-refractivity contribution < 1.29 is 4.79 Å². The van der Waals surface area contributed by atoms with E-state index in [0.717, 1.165) is 32.0 Å². The van der Waals surface area contributed by atoms with Crippen molar-refractivity contribution >= 4 is 46.2 Å². The van der Waals surface area contributed by atoms with Gasteiger partial charge in [0, 0.05) is 13.1 Å². The lowest BCUT2D eigenvalue weighted by atomic mass is 10.2. The summed E-state index contributed by atoms with van der Waals surface area (Å²) in [7, 11) is 1.81.